The lowest BCUT2D eigenvalue weighted by Crippen LogP contribution is -2.32. The van der Waals surface area contributed by atoms with Gasteiger partial charge < -0.3 is 9.47 Å². The molecule has 3 rings (SSSR count). The molecule has 4 nitrogen and oxygen atoms in total. The quantitative estimate of drug-likeness (QED) is 0.796. The van der Waals surface area contributed by atoms with E-state index in [1.165, 1.54) is 37.9 Å². The molecule has 21 heavy (non-hydrogen) atoms. The van der Waals surface area contributed by atoms with Crippen molar-refractivity contribution in [2.45, 2.75) is 39.2 Å². The van der Waals surface area contributed by atoms with Crippen molar-refractivity contribution in [3.63, 3.8) is 0 Å². The minimum atomic E-state index is 0.603. The Morgan fingerprint density at radius 2 is 2.00 bits per heavy atom. The number of halogens is 1. The number of hydrogen-bond acceptors (Lipinski definition) is 3. The van der Waals surface area contributed by atoms with Crippen molar-refractivity contribution in [1.82, 2.24) is 19.4 Å². The van der Waals surface area contributed by atoms with Crippen molar-refractivity contribution in [3.05, 3.63) is 23.7 Å². The highest BCUT2D eigenvalue weighted by atomic mass is 35.5. The van der Waals surface area contributed by atoms with E-state index in [1.54, 1.807) is 0 Å². The first kappa shape index (κ1) is 14.8. The summed E-state index contributed by atoms with van der Waals surface area (Å²) in [4.78, 5) is 11.9. The first-order chi connectivity index (χ1) is 10.3. The normalized spacial score (nSPS) is 16.7. The molecule has 0 saturated carbocycles. The van der Waals surface area contributed by atoms with E-state index >= 15 is 0 Å². The van der Waals surface area contributed by atoms with Crippen LogP contribution in [0.15, 0.2) is 12.3 Å². The molecule has 0 radical (unpaired) electrons. The second-order valence-electron chi connectivity index (χ2n) is 5.82. The maximum atomic E-state index is 5.94. The summed E-state index contributed by atoms with van der Waals surface area (Å²) >= 11 is 5.94. The fourth-order valence-corrected chi connectivity index (χ4v) is 3.29. The molecule has 0 aromatic carbocycles. The van der Waals surface area contributed by atoms with Gasteiger partial charge in [0, 0.05) is 31.6 Å². The molecule has 3 heterocycles. The van der Waals surface area contributed by atoms with E-state index in [9.17, 15) is 0 Å². The summed E-state index contributed by atoms with van der Waals surface area (Å²) < 4.78 is 2.26. The van der Waals surface area contributed by atoms with Crippen LogP contribution < -0.4 is 0 Å². The molecule has 2 aromatic rings. The molecule has 1 aliphatic rings. The molecule has 0 unspecified atom stereocenters. The van der Waals surface area contributed by atoms with E-state index in [0.29, 0.717) is 5.88 Å². The summed E-state index contributed by atoms with van der Waals surface area (Å²) in [6.45, 7) is 6.58. The number of rotatable bonds is 5. The lowest BCUT2D eigenvalue weighted by molar-refractivity contribution is 0.221. The number of nitrogens with zero attached hydrogens (tertiary/aromatic N) is 4. The van der Waals surface area contributed by atoms with Gasteiger partial charge in [-0.05, 0) is 44.5 Å². The van der Waals surface area contributed by atoms with Crippen LogP contribution in [0.1, 0.15) is 30.7 Å². The maximum absolute atomic E-state index is 5.94. The number of alkyl halides is 1. The monoisotopic (exact) mass is 306 g/mol. The van der Waals surface area contributed by atoms with Gasteiger partial charge in [0.1, 0.15) is 11.3 Å². The van der Waals surface area contributed by atoms with Gasteiger partial charge in [-0.3, -0.25) is 0 Å². The molecule has 0 atom stereocenters. The van der Waals surface area contributed by atoms with Gasteiger partial charge in [-0.25, -0.2) is 9.97 Å². The first-order valence-electron chi connectivity index (χ1n) is 7.88. The predicted octanol–water partition coefficient (Wildman–Crippen LogP) is 3.01. The minimum absolute atomic E-state index is 0.603. The molecule has 1 fully saturated rings. The van der Waals surface area contributed by atoms with Gasteiger partial charge in [-0.2, -0.15) is 0 Å². The second-order valence-corrected chi connectivity index (χ2v) is 6.20. The molecule has 0 aliphatic carbocycles. The highest BCUT2D eigenvalue weighted by Crippen LogP contribution is 2.18. The molecule has 0 bridgehead atoms. The molecular formula is C16H23ClN4. The van der Waals surface area contributed by atoms with Crippen LogP contribution in [0.25, 0.3) is 11.2 Å². The van der Waals surface area contributed by atoms with Gasteiger partial charge in [0.05, 0.1) is 0 Å². The van der Waals surface area contributed by atoms with E-state index in [1.807, 2.05) is 12.3 Å². The van der Waals surface area contributed by atoms with Crippen molar-refractivity contribution in [2.75, 3.05) is 25.5 Å². The van der Waals surface area contributed by atoms with Gasteiger partial charge in [0.25, 0.3) is 0 Å². The molecule has 0 amide bonds. The van der Waals surface area contributed by atoms with E-state index < -0.39 is 0 Å². The SMILES string of the molecule is Cc1ccnc2c1nc(CCCl)n2CCN1CCCCC1. The fraction of sp³-hybridized carbons (Fsp3) is 0.625. The largest absolute Gasteiger partial charge is 0.311 e. The molecule has 1 aliphatic heterocycles. The van der Waals surface area contributed by atoms with Crippen molar-refractivity contribution in [3.8, 4) is 0 Å². The molecule has 114 valence electrons. The van der Waals surface area contributed by atoms with E-state index in [4.69, 9.17) is 16.6 Å². The van der Waals surface area contributed by atoms with Gasteiger partial charge in [-0.1, -0.05) is 6.42 Å². The number of pyridine rings is 1. The number of piperidine rings is 1. The zero-order chi connectivity index (χ0) is 14.7. The molecule has 0 N–H and O–H groups in total. The number of hydrogen-bond donors (Lipinski definition) is 0. The number of likely N-dealkylation sites (tertiary alicyclic amines) is 1. The van der Waals surface area contributed by atoms with Crippen molar-refractivity contribution >= 4 is 22.8 Å². The van der Waals surface area contributed by atoms with E-state index in [-0.39, 0.29) is 0 Å². The lowest BCUT2D eigenvalue weighted by Gasteiger charge is -2.26. The Bertz CT molecular complexity index is 602. The van der Waals surface area contributed by atoms with Gasteiger partial charge in [-0.15, -0.1) is 11.6 Å². The van der Waals surface area contributed by atoms with Crippen LogP contribution in [0.2, 0.25) is 0 Å². The fourth-order valence-electron chi connectivity index (χ4n) is 3.12. The zero-order valence-corrected chi connectivity index (χ0v) is 13.4. The Kier molecular flexibility index (Phi) is 4.76. The molecule has 2 aromatic heterocycles. The zero-order valence-electron chi connectivity index (χ0n) is 12.7. The van der Waals surface area contributed by atoms with E-state index in [0.717, 1.165) is 36.5 Å². The summed E-state index contributed by atoms with van der Waals surface area (Å²) in [5.41, 5.74) is 3.22. The third-order valence-corrected chi connectivity index (χ3v) is 4.51. The molecule has 0 spiro atoms. The minimum Gasteiger partial charge on any atom is -0.311 e. The predicted molar refractivity (Wildman–Crippen MR) is 87.0 cm³/mol. The van der Waals surface area contributed by atoms with Crippen LogP contribution in [0, 0.1) is 6.92 Å². The van der Waals surface area contributed by atoms with Gasteiger partial charge in [0.2, 0.25) is 0 Å². The van der Waals surface area contributed by atoms with E-state index in [2.05, 4.69) is 21.4 Å². The highest BCUT2D eigenvalue weighted by Gasteiger charge is 2.15. The summed E-state index contributed by atoms with van der Waals surface area (Å²) in [6, 6.07) is 2.02. The third kappa shape index (κ3) is 3.22. The van der Waals surface area contributed by atoms with Crippen LogP contribution in [-0.4, -0.2) is 44.9 Å². The number of fused-ring (bicyclic) bond motifs is 1. The van der Waals surface area contributed by atoms with Crippen molar-refractivity contribution < 1.29 is 0 Å². The average Bonchev–Trinajstić information content (AvgIpc) is 2.86. The summed E-state index contributed by atoms with van der Waals surface area (Å²) in [5, 5.41) is 0. The van der Waals surface area contributed by atoms with Crippen LogP contribution in [0.4, 0.5) is 0 Å². The highest BCUT2D eigenvalue weighted by molar-refractivity contribution is 6.17. The Morgan fingerprint density at radius 1 is 1.19 bits per heavy atom. The lowest BCUT2D eigenvalue weighted by atomic mass is 10.1. The topological polar surface area (TPSA) is 34.0 Å². The third-order valence-electron chi connectivity index (χ3n) is 4.32. The second kappa shape index (κ2) is 6.75. The number of aromatic nitrogens is 3. The molecule has 5 heteroatoms. The Hall–Kier alpha value is -1.13. The maximum Gasteiger partial charge on any atom is 0.160 e. The Balaban J connectivity index is 1.84. The summed E-state index contributed by atoms with van der Waals surface area (Å²) in [6.07, 6.45) is 6.72. The van der Waals surface area contributed by atoms with Crippen LogP contribution >= 0.6 is 11.6 Å². The Morgan fingerprint density at radius 3 is 2.76 bits per heavy atom. The Labute approximate surface area is 131 Å². The first-order valence-corrected chi connectivity index (χ1v) is 8.42. The molecule has 1 saturated heterocycles. The summed E-state index contributed by atoms with van der Waals surface area (Å²) in [7, 11) is 0. The van der Waals surface area contributed by atoms with Gasteiger partial charge >= 0.3 is 0 Å². The number of imidazole rings is 1. The number of aryl methyl sites for hydroxylation is 2. The smallest absolute Gasteiger partial charge is 0.160 e. The van der Waals surface area contributed by atoms with Crippen LogP contribution in [-0.2, 0) is 13.0 Å². The molecular weight excluding hydrogens is 284 g/mol. The van der Waals surface area contributed by atoms with Crippen LogP contribution in [0.3, 0.4) is 0 Å². The van der Waals surface area contributed by atoms with Crippen molar-refractivity contribution in [1.29, 1.82) is 0 Å². The summed E-state index contributed by atoms with van der Waals surface area (Å²) in [5.74, 6) is 1.67. The van der Waals surface area contributed by atoms with Gasteiger partial charge in [0.15, 0.2) is 5.65 Å². The standard InChI is InChI=1S/C16H23ClN4/c1-13-6-8-18-16-15(13)19-14(5-7-17)21(16)12-11-20-9-3-2-4-10-20/h6,8H,2-5,7,9-12H2,1H3. The van der Waals surface area contributed by atoms with Crippen LogP contribution in [0.5, 0.6) is 0 Å². The average molecular weight is 307 g/mol. The van der Waals surface area contributed by atoms with Crippen molar-refractivity contribution in [2.24, 2.45) is 0 Å².